The molecule has 4 nitrogen and oxygen atoms in total. The van der Waals surface area contributed by atoms with E-state index < -0.39 is 7.59 Å². The largest absolute Gasteiger partial charge is 0.497 e. The van der Waals surface area contributed by atoms with Crippen LogP contribution in [-0.2, 0) is 0 Å². The van der Waals surface area contributed by atoms with Crippen LogP contribution < -0.4 is 10.5 Å². The fraction of sp³-hybridized carbons (Fsp3) is 0.385. The maximum absolute atomic E-state index is 5.86. The molecule has 1 aromatic carbocycles. The van der Waals surface area contributed by atoms with Crippen LogP contribution in [-0.4, -0.2) is 26.4 Å². The Balaban J connectivity index is 3.18. The summed E-state index contributed by atoms with van der Waals surface area (Å²) in [5.74, 6) is 0.175. The van der Waals surface area contributed by atoms with E-state index in [0.717, 1.165) is 5.56 Å². The highest BCUT2D eigenvalue weighted by Crippen LogP contribution is 2.33. The number of hydrogen-bond donors (Lipinski definition) is 1. The third-order valence-corrected chi connectivity index (χ3v) is 3.77. The molecule has 0 aliphatic heterocycles. The summed E-state index contributed by atoms with van der Waals surface area (Å²) >= 11 is 34.5. The lowest BCUT2D eigenvalue weighted by Gasteiger charge is -2.17. The van der Waals surface area contributed by atoms with Crippen LogP contribution in [0.4, 0.5) is 0 Å². The molecule has 1 unspecified atom stereocenters. The molecule has 23 heavy (non-hydrogen) atoms. The molecule has 1 aromatic rings. The van der Waals surface area contributed by atoms with E-state index in [2.05, 4.69) is 9.98 Å². The molecule has 0 fully saturated rings. The topological polar surface area (TPSA) is 60.0 Å². The first kappa shape index (κ1) is 20.9. The summed E-state index contributed by atoms with van der Waals surface area (Å²) in [5.41, 5.74) is 6.43. The Morgan fingerprint density at radius 2 is 1.57 bits per heavy atom. The Hall–Kier alpha value is -0.100. The van der Waals surface area contributed by atoms with Crippen molar-refractivity contribution in [3.05, 3.63) is 29.8 Å². The van der Waals surface area contributed by atoms with E-state index in [9.17, 15) is 0 Å². The summed E-state index contributed by atoms with van der Waals surface area (Å²) in [4.78, 5) is 8.11. The molecule has 0 saturated carbocycles. The number of nitrogens with zero attached hydrogens (tertiary/aromatic N) is 2. The van der Waals surface area contributed by atoms with Crippen LogP contribution in [0.5, 0.6) is 5.75 Å². The van der Waals surface area contributed by atoms with Crippen molar-refractivity contribution in [2.45, 2.75) is 20.6 Å². The van der Waals surface area contributed by atoms with Gasteiger partial charge in [-0.05, 0) is 24.6 Å². The van der Waals surface area contributed by atoms with Crippen molar-refractivity contribution in [3.63, 3.8) is 0 Å². The third kappa shape index (κ3) is 6.73. The lowest BCUT2D eigenvalue weighted by atomic mass is 10.1. The Morgan fingerprint density at radius 3 is 1.96 bits per heavy atom. The van der Waals surface area contributed by atoms with Gasteiger partial charge >= 0.3 is 0 Å². The van der Waals surface area contributed by atoms with Gasteiger partial charge in [-0.25, -0.2) is 4.99 Å². The summed E-state index contributed by atoms with van der Waals surface area (Å²) in [7, 11) is 1.58. The zero-order valence-electron chi connectivity index (χ0n) is 12.0. The summed E-state index contributed by atoms with van der Waals surface area (Å²) in [6.07, 6.45) is 0. The first-order valence-electron chi connectivity index (χ1n) is 6.15. The second-order valence-corrected chi connectivity index (χ2v) is 8.96. The maximum Gasteiger partial charge on any atom is 0.249 e. The van der Waals surface area contributed by atoms with Gasteiger partial charge in [-0.3, -0.25) is 4.99 Å². The monoisotopic (exact) mass is 437 g/mol. The smallest absolute Gasteiger partial charge is 0.249 e. The number of halogens is 6. The van der Waals surface area contributed by atoms with Gasteiger partial charge in [0.05, 0.1) is 13.2 Å². The van der Waals surface area contributed by atoms with Gasteiger partial charge < -0.3 is 10.5 Å². The quantitative estimate of drug-likeness (QED) is 0.397. The van der Waals surface area contributed by atoms with Crippen molar-refractivity contribution in [2.24, 2.45) is 15.7 Å². The molecule has 2 N–H and O–H groups in total. The Kier molecular flexibility index (Phi) is 7.58. The standard InChI is InChI=1S/C13H13Cl6N3O/c1-7(8-3-5-9(23-2)6-4-8)21-11(13(17,18)19)22-10(20)12(14,15)16/h3-7H,1-2H3,(H2,20,21,22). The van der Waals surface area contributed by atoms with Crippen LogP contribution in [0.1, 0.15) is 18.5 Å². The van der Waals surface area contributed by atoms with E-state index in [-0.39, 0.29) is 17.7 Å². The van der Waals surface area contributed by atoms with E-state index >= 15 is 0 Å². The third-order valence-electron chi connectivity index (χ3n) is 2.68. The highest BCUT2D eigenvalue weighted by atomic mass is 35.6. The average Bonchev–Trinajstić information content (AvgIpc) is 2.44. The van der Waals surface area contributed by atoms with Gasteiger partial charge in [0.2, 0.25) is 7.59 Å². The van der Waals surface area contributed by atoms with Gasteiger partial charge in [-0.2, -0.15) is 0 Å². The van der Waals surface area contributed by atoms with Crippen molar-refractivity contribution in [3.8, 4) is 5.75 Å². The molecular formula is C13H13Cl6N3O. The number of aliphatic imine (C=N–C) groups is 2. The highest BCUT2D eigenvalue weighted by molar-refractivity contribution is 6.78. The van der Waals surface area contributed by atoms with Crippen LogP contribution in [0.25, 0.3) is 0 Å². The number of hydrogen-bond acceptors (Lipinski definition) is 2. The van der Waals surface area contributed by atoms with Gasteiger partial charge in [-0.15, -0.1) is 0 Å². The average molecular weight is 440 g/mol. The van der Waals surface area contributed by atoms with E-state index in [1.807, 2.05) is 12.1 Å². The van der Waals surface area contributed by atoms with Crippen molar-refractivity contribution < 1.29 is 4.74 Å². The number of benzene rings is 1. The molecule has 1 rings (SSSR count). The molecule has 0 amide bonds. The maximum atomic E-state index is 5.86. The minimum Gasteiger partial charge on any atom is -0.497 e. The van der Waals surface area contributed by atoms with Gasteiger partial charge in [-0.1, -0.05) is 81.7 Å². The van der Waals surface area contributed by atoms with E-state index in [1.165, 1.54) is 0 Å². The molecule has 0 bridgehead atoms. The van der Waals surface area contributed by atoms with E-state index in [4.69, 9.17) is 80.1 Å². The van der Waals surface area contributed by atoms with Gasteiger partial charge in [0.25, 0.3) is 0 Å². The van der Waals surface area contributed by atoms with Crippen molar-refractivity contribution in [1.29, 1.82) is 0 Å². The van der Waals surface area contributed by atoms with Crippen LogP contribution in [0.3, 0.4) is 0 Å². The number of amidine groups is 2. The Bertz CT molecular complexity index is 589. The molecule has 0 aliphatic rings. The molecule has 0 heterocycles. The fourth-order valence-electron chi connectivity index (χ4n) is 1.48. The lowest BCUT2D eigenvalue weighted by molar-refractivity contribution is 0.414. The van der Waals surface area contributed by atoms with Crippen LogP contribution in [0.15, 0.2) is 34.3 Å². The molecule has 0 aromatic heterocycles. The summed E-state index contributed by atoms with van der Waals surface area (Å²) in [6, 6.07) is 6.85. The van der Waals surface area contributed by atoms with Crippen molar-refractivity contribution >= 4 is 81.3 Å². The molecule has 0 spiro atoms. The second-order valence-electron chi connectivity index (χ2n) is 4.39. The molecule has 0 aliphatic carbocycles. The van der Waals surface area contributed by atoms with Gasteiger partial charge in [0.15, 0.2) is 11.7 Å². The van der Waals surface area contributed by atoms with Crippen molar-refractivity contribution in [2.75, 3.05) is 7.11 Å². The zero-order chi connectivity index (χ0) is 17.8. The SMILES string of the molecule is COc1ccc(C(C)N=C(N=C(N)C(Cl)(Cl)Cl)C(Cl)(Cl)Cl)cc1. The van der Waals surface area contributed by atoms with E-state index in [1.54, 1.807) is 26.2 Å². The van der Waals surface area contributed by atoms with Crippen LogP contribution in [0.2, 0.25) is 0 Å². The summed E-state index contributed by atoms with van der Waals surface area (Å²) in [5, 5.41) is 0. The second kappa shape index (κ2) is 8.32. The number of ether oxygens (including phenoxy) is 1. The lowest BCUT2D eigenvalue weighted by Crippen LogP contribution is -2.32. The molecule has 128 valence electrons. The van der Waals surface area contributed by atoms with E-state index in [0.29, 0.717) is 5.75 Å². The first-order chi connectivity index (χ1) is 10.4. The van der Waals surface area contributed by atoms with Gasteiger partial charge in [0, 0.05) is 0 Å². The fourth-order valence-corrected chi connectivity index (χ4v) is 1.88. The molecule has 1 atom stereocenters. The Labute approximate surface area is 164 Å². The number of methoxy groups -OCH3 is 1. The first-order valence-corrected chi connectivity index (χ1v) is 8.42. The van der Waals surface area contributed by atoms with Crippen LogP contribution in [0, 0.1) is 0 Å². The number of nitrogens with two attached hydrogens (primary N) is 1. The Morgan fingerprint density at radius 1 is 1.04 bits per heavy atom. The molecule has 10 heteroatoms. The number of rotatable bonds is 3. The minimum atomic E-state index is -1.93. The summed E-state index contributed by atoms with van der Waals surface area (Å²) in [6.45, 7) is 1.79. The molecule has 0 saturated heterocycles. The molecular weight excluding hydrogens is 427 g/mol. The number of alkyl halides is 6. The predicted octanol–water partition coefficient (Wildman–Crippen LogP) is 5.25. The van der Waals surface area contributed by atoms with Gasteiger partial charge in [0.1, 0.15) is 5.75 Å². The normalized spacial score (nSPS) is 15.5. The summed E-state index contributed by atoms with van der Waals surface area (Å²) < 4.78 is 1.23. The predicted molar refractivity (Wildman–Crippen MR) is 101 cm³/mol. The minimum absolute atomic E-state index is 0.186. The highest BCUT2D eigenvalue weighted by Gasteiger charge is 2.32. The zero-order valence-corrected chi connectivity index (χ0v) is 16.6. The van der Waals surface area contributed by atoms with Crippen molar-refractivity contribution in [1.82, 2.24) is 0 Å². The van der Waals surface area contributed by atoms with Crippen LogP contribution >= 0.6 is 69.6 Å². The molecule has 0 radical (unpaired) electrons.